The molecule has 0 bridgehead atoms. The Morgan fingerprint density at radius 1 is 1.55 bits per heavy atom. The highest BCUT2D eigenvalue weighted by molar-refractivity contribution is 7.87. The summed E-state index contributed by atoms with van der Waals surface area (Å²) in [6, 6.07) is 0.653. The van der Waals surface area contributed by atoms with Crippen LogP contribution in [0, 0.1) is 0 Å². The van der Waals surface area contributed by atoms with Crippen LogP contribution in [0.5, 0.6) is 0 Å². The molecule has 0 radical (unpaired) electrons. The average Bonchev–Trinajstić information content (AvgIpc) is 1.55. The molecule has 0 aromatic heterocycles. The quantitative estimate of drug-likeness (QED) is 0.501. The summed E-state index contributed by atoms with van der Waals surface area (Å²) in [6.45, 7) is 7.22. The first kappa shape index (κ1) is 10.9. The summed E-state index contributed by atoms with van der Waals surface area (Å²) in [5.41, 5.74) is 0. The van der Waals surface area contributed by atoms with Gasteiger partial charge in [0.05, 0.1) is 6.26 Å². The van der Waals surface area contributed by atoms with Crippen LogP contribution in [-0.4, -0.2) is 23.0 Å². The maximum atomic E-state index is 10.7. The van der Waals surface area contributed by atoms with Gasteiger partial charge >= 0.3 is 0 Å². The Kier molecular flexibility index (Phi) is 3.47. The molecule has 3 nitrogen and oxygen atoms in total. The molecular weight excluding hydrogens is 180 g/mol. The zero-order chi connectivity index (χ0) is 9.12. The van der Waals surface area contributed by atoms with E-state index in [0.717, 1.165) is 6.26 Å². The third-order valence-electron chi connectivity index (χ3n) is 1.01. The second-order valence-corrected chi connectivity index (χ2v) is 9.04. The fourth-order valence-corrected chi connectivity index (χ4v) is 5.04. The van der Waals surface area contributed by atoms with Gasteiger partial charge in [0.1, 0.15) is 0 Å². The molecular formula is C6H14O3SSi. The van der Waals surface area contributed by atoms with Gasteiger partial charge in [-0.05, 0) is 19.1 Å². The van der Waals surface area contributed by atoms with E-state index in [9.17, 15) is 8.42 Å². The van der Waals surface area contributed by atoms with Crippen molar-refractivity contribution in [2.45, 2.75) is 19.1 Å². The number of rotatable bonds is 4. The number of hydrogen-bond acceptors (Lipinski definition) is 3. The standard InChI is InChI=1S/C6H14O3SSi/c1-5-6-11(3,4)9-10(2,7)8/h5H,1,6H2,2-4H3. The van der Waals surface area contributed by atoms with Crippen LogP contribution in [0.1, 0.15) is 0 Å². The molecule has 66 valence electrons. The molecule has 0 aliphatic heterocycles. The lowest BCUT2D eigenvalue weighted by molar-refractivity contribution is 0.490. The van der Waals surface area contributed by atoms with Gasteiger partial charge in [-0.3, -0.25) is 0 Å². The summed E-state index contributed by atoms with van der Waals surface area (Å²) < 4.78 is 26.3. The molecule has 0 amide bonds. The molecule has 0 spiro atoms. The highest BCUT2D eigenvalue weighted by Gasteiger charge is 2.25. The van der Waals surface area contributed by atoms with Gasteiger partial charge in [0.25, 0.3) is 10.1 Å². The normalized spacial score (nSPS) is 13.0. The molecule has 0 heterocycles. The molecule has 5 heteroatoms. The van der Waals surface area contributed by atoms with Crippen LogP contribution in [0.25, 0.3) is 0 Å². The first-order chi connectivity index (χ1) is 4.77. The smallest absolute Gasteiger partial charge is 0.254 e. The van der Waals surface area contributed by atoms with E-state index in [2.05, 4.69) is 6.58 Å². The second kappa shape index (κ2) is 3.51. The second-order valence-electron chi connectivity index (χ2n) is 3.04. The van der Waals surface area contributed by atoms with E-state index >= 15 is 0 Å². The monoisotopic (exact) mass is 194 g/mol. The van der Waals surface area contributed by atoms with E-state index in [1.165, 1.54) is 0 Å². The molecule has 0 N–H and O–H groups in total. The zero-order valence-electron chi connectivity index (χ0n) is 7.12. The molecule has 0 aliphatic carbocycles. The van der Waals surface area contributed by atoms with Crippen molar-refractivity contribution in [2.24, 2.45) is 0 Å². The Morgan fingerprint density at radius 3 is 2.27 bits per heavy atom. The predicted octanol–water partition coefficient (Wildman–Crippen LogP) is 1.35. The van der Waals surface area contributed by atoms with Crippen molar-refractivity contribution in [1.82, 2.24) is 0 Å². The molecule has 0 saturated heterocycles. The third kappa shape index (κ3) is 6.27. The van der Waals surface area contributed by atoms with Gasteiger partial charge in [-0.2, -0.15) is 0 Å². The van der Waals surface area contributed by atoms with Gasteiger partial charge in [-0.15, -0.1) is 6.58 Å². The molecule has 0 fully saturated rings. The van der Waals surface area contributed by atoms with Crippen molar-refractivity contribution in [1.29, 1.82) is 0 Å². The van der Waals surface area contributed by atoms with Gasteiger partial charge < -0.3 is 3.87 Å². The first-order valence-corrected chi connectivity index (χ1v) is 8.21. The van der Waals surface area contributed by atoms with Crippen molar-refractivity contribution in [2.75, 3.05) is 6.26 Å². The Morgan fingerprint density at radius 2 is 2.00 bits per heavy atom. The SMILES string of the molecule is C=CC[Si](C)(C)OS(C)(=O)=O. The lowest BCUT2D eigenvalue weighted by Gasteiger charge is -2.18. The van der Waals surface area contributed by atoms with Crippen molar-refractivity contribution in [3.63, 3.8) is 0 Å². The van der Waals surface area contributed by atoms with Crippen LogP contribution in [0.4, 0.5) is 0 Å². The molecule has 0 rings (SSSR count). The van der Waals surface area contributed by atoms with E-state index in [1.54, 1.807) is 6.08 Å². The van der Waals surface area contributed by atoms with E-state index < -0.39 is 18.4 Å². The third-order valence-corrected chi connectivity index (χ3v) is 5.30. The summed E-state index contributed by atoms with van der Waals surface area (Å²) in [5.74, 6) is 0. The molecule has 0 unspecified atom stereocenters. The van der Waals surface area contributed by atoms with Crippen molar-refractivity contribution in [3.8, 4) is 0 Å². The molecule has 11 heavy (non-hydrogen) atoms. The van der Waals surface area contributed by atoms with Gasteiger partial charge in [0, 0.05) is 0 Å². The lowest BCUT2D eigenvalue weighted by Crippen LogP contribution is -2.31. The largest absolute Gasteiger partial charge is 0.315 e. The van der Waals surface area contributed by atoms with Crippen molar-refractivity contribution < 1.29 is 12.3 Å². The fraction of sp³-hybridized carbons (Fsp3) is 0.667. The van der Waals surface area contributed by atoms with E-state index in [0.29, 0.717) is 6.04 Å². The highest BCUT2D eigenvalue weighted by Crippen LogP contribution is 2.13. The minimum absolute atomic E-state index is 0.653. The zero-order valence-corrected chi connectivity index (χ0v) is 8.94. The highest BCUT2D eigenvalue weighted by atomic mass is 32.2. The summed E-state index contributed by atoms with van der Waals surface area (Å²) in [4.78, 5) is 0. The van der Waals surface area contributed by atoms with E-state index in [1.807, 2.05) is 13.1 Å². The summed E-state index contributed by atoms with van der Waals surface area (Å²) in [5, 5.41) is 0. The molecule has 0 aromatic rings. The van der Waals surface area contributed by atoms with Crippen LogP contribution >= 0.6 is 0 Å². The predicted molar refractivity (Wildman–Crippen MR) is 48.4 cm³/mol. The molecule has 0 saturated carbocycles. The van der Waals surface area contributed by atoms with E-state index in [4.69, 9.17) is 3.87 Å². The Bertz CT molecular complexity index is 230. The van der Waals surface area contributed by atoms with Crippen molar-refractivity contribution in [3.05, 3.63) is 12.7 Å². The Labute approximate surface area is 69.3 Å². The number of hydrogen-bond donors (Lipinski definition) is 0. The summed E-state index contributed by atoms with van der Waals surface area (Å²) in [6.07, 6.45) is 2.77. The van der Waals surface area contributed by atoms with Crippen LogP contribution < -0.4 is 0 Å². The van der Waals surface area contributed by atoms with Crippen LogP contribution in [0.3, 0.4) is 0 Å². The van der Waals surface area contributed by atoms with Crippen LogP contribution in [0.2, 0.25) is 19.1 Å². The number of allylic oxidation sites excluding steroid dienone is 1. The first-order valence-electron chi connectivity index (χ1n) is 3.28. The van der Waals surface area contributed by atoms with Gasteiger partial charge in [0.15, 0.2) is 0 Å². The molecule has 0 atom stereocenters. The Hall–Kier alpha value is -0.133. The average molecular weight is 194 g/mol. The van der Waals surface area contributed by atoms with Gasteiger partial charge in [-0.1, -0.05) is 6.08 Å². The maximum absolute atomic E-state index is 10.7. The van der Waals surface area contributed by atoms with Gasteiger partial charge in [0.2, 0.25) is 8.32 Å². The van der Waals surface area contributed by atoms with Crippen LogP contribution in [0.15, 0.2) is 12.7 Å². The van der Waals surface area contributed by atoms with Crippen molar-refractivity contribution >= 4 is 18.4 Å². The maximum Gasteiger partial charge on any atom is 0.254 e. The minimum Gasteiger partial charge on any atom is -0.315 e. The summed E-state index contributed by atoms with van der Waals surface area (Å²) in [7, 11) is -5.33. The van der Waals surface area contributed by atoms with Gasteiger partial charge in [-0.25, -0.2) is 8.42 Å². The topological polar surface area (TPSA) is 43.4 Å². The lowest BCUT2D eigenvalue weighted by atomic mass is 10.8. The summed E-state index contributed by atoms with van der Waals surface area (Å²) >= 11 is 0. The van der Waals surface area contributed by atoms with Crippen LogP contribution in [-0.2, 0) is 14.0 Å². The molecule has 0 aliphatic rings. The van der Waals surface area contributed by atoms with E-state index in [-0.39, 0.29) is 0 Å². The fourth-order valence-electron chi connectivity index (χ4n) is 0.791. The Balaban J connectivity index is 4.24. The molecule has 0 aromatic carbocycles. The minimum atomic E-state index is -3.29.